The molecule has 3 rings (SSSR count). The monoisotopic (exact) mass is 296 g/mol. The fourth-order valence-corrected chi connectivity index (χ4v) is 3.44. The average molecular weight is 296 g/mol. The molecule has 3 aromatic carbocycles. The summed E-state index contributed by atoms with van der Waals surface area (Å²) in [5.41, 5.74) is 2.72. The molecule has 1 N–H and O–H groups in total. The van der Waals surface area contributed by atoms with Crippen LogP contribution in [0.25, 0.3) is 10.8 Å². The molecule has 3 aromatic rings. The first-order valence-corrected chi connectivity index (χ1v) is 7.74. The Morgan fingerprint density at radius 1 is 0.762 bits per heavy atom. The van der Waals surface area contributed by atoms with E-state index in [1.54, 1.807) is 0 Å². The summed E-state index contributed by atoms with van der Waals surface area (Å²) in [6.45, 7) is 4.41. The van der Waals surface area contributed by atoms with Crippen molar-refractivity contribution >= 4 is 22.5 Å². The van der Waals surface area contributed by atoms with Crippen molar-refractivity contribution in [1.29, 1.82) is 0 Å². The molecule has 0 amide bonds. The third-order valence-electron chi connectivity index (χ3n) is 3.44. The van der Waals surface area contributed by atoms with Gasteiger partial charge in [0.15, 0.2) is 0 Å². The Kier molecular flexibility index (Phi) is 5.43. The van der Waals surface area contributed by atoms with Crippen LogP contribution in [0.1, 0.15) is 11.1 Å². The Morgan fingerprint density at radius 2 is 1.33 bits per heavy atom. The third kappa shape index (κ3) is 3.46. The van der Waals surface area contributed by atoms with E-state index in [1.165, 1.54) is 31.7 Å². The maximum Gasteiger partial charge on any atom is 0.0319 e. The average Bonchev–Trinajstić information content (AvgIpc) is 2.55. The van der Waals surface area contributed by atoms with Gasteiger partial charge in [-0.3, -0.25) is 0 Å². The summed E-state index contributed by atoms with van der Waals surface area (Å²) >= 11 is 1.84. The Bertz CT molecular complexity index is 720. The summed E-state index contributed by atoms with van der Waals surface area (Å²) in [4.78, 5) is 2.64. The van der Waals surface area contributed by atoms with Gasteiger partial charge in [-0.15, -0.1) is 0 Å². The first kappa shape index (κ1) is 15.6. The molecule has 0 bridgehead atoms. The van der Waals surface area contributed by atoms with Crippen molar-refractivity contribution < 1.29 is 5.11 Å². The molecule has 0 aromatic heterocycles. The summed E-state index contributed by atoms with van der Waals surface area (Å²) in [7, 11) is 1.00. The molecule has 0 aliphatic heterocycles. The minimum atomic E-state index is 1.00. The van der Waals surface area contributed by atoms with Crippen molar-refractivity contribution in [3.63, 3.8) is 0 Å². The lowest BCUT2D eigenvalue weighted by atomic mass is 10.0. The van der Waals surface area contributed by atoms with Crippen molar-refractivity contribution in [2.24, 2.45) is 0 Å². The highest BCUT2D eigenvalue weighted by Crippen LogP contribution is 2.35. The van der Waals surface area contributed by atoms with Crippen LogP contribution in [-0.2, 0) is 0 Å². The lowest BCUT2D eigenvalue weighted by molar-refractivity contribution is 0.399. The summed E-state index contributed by atoms with van der Waals surface area (Å²) < 4.78 is 0. The molecule has 1 nitrogen and oxygen atoms in total. The first-order valence-electron chi connectivity index (χ1n) is 6.92. The maximum absolute atomic E-state index is 7.00. The fourth-order valence-electron chi connectivity index (χ4n) is 2.39. The summed E-state index contributed by atoms with van der Waals surface area (Å²) in [6, 6.07) is 21.5. The second-order valence-electron chi connectivity index (χ2n) is 4.78. The van der Waals surface area contributed by atoms with Crippen molar-refractivity contribution in [3.05, 3.63) is 71.8 Å². The molecule has 0 aliphatic rings. The number of aliphatic hydroxyl groups is 1. The largest absolute Gasteiger partial charge is 0.400 e. The van der Waals surface area contributed by atoms with E-state index >= 15 is 0 Å². The molecule has 21 heavy (non-hydrogen) atoms. The second-order valence-corrected chi connectivity index (χ2v) is 5.89. The van der Waals surface area contributed by atoms with Crippen LogP contribution in [0.2, 0.25) is 0 Å². The van der Waals surface area contributed by atoms with E-state index in [4.69, 9.17) is 5.11 Å². The zero-order chi connectivity index (χ0) is 15.2. The molecule has 0 saturated heterocycles. The quantitative estimate of drug-likeness (QED) is 0.700. The summed E-state index contributed by atoms with van der Waals surface area (Å²) in [6.07, 6.45) is 0. The maximum atomic E-state index is 7.00. The van der Waals surface area contributed by atoms with Crippen LogP contribution in [0.15, 0.2) is 70.5 Å². The zero-order valence-corrected chi connectivity index (χ0v) is 13.4. The van der Waals surface area contributed by atoms with E-state index in [2.05, 4.69) is 74.5 Å². The number of hydrogen-bond acceptors (Lipinski definition) is 2. The number of aryl methyl sites for hydroxylation is 2. The van der Waals surface area contributed by atoms with Crippen LogP contribution < -0.4 is 0 Å². The number of rotatable bonds is 2. The highest BCUT2D eigenvalue weighted by molar-refractivity contribution is 7.99. The van der Waals surface area contributed by atoms with Crippen molar-refractivity contribution in [3.8, 4) is 0 Å². The van der Waals surface area contributed by atoms with Crippen molar-refractivity contribution in [2.75, 3.05) is 7.11 Å². The molecule has 108 valence electrons. The summed E-state index contributed by atoms with van der Waals surface area (Å²) in [5.74, 6) is 0. The predicted molar refractivity (Wildman–Crippen MR) is 92.1 cm³/mol. The molecule has 0 aliphatic carbocycles. The lowest BCUT2D eigenvalue weighted by Gasteiger charge is -2.11. The lowest BCUT2D eigenvalue weighted by Crippen LogP contribution is -1.87. The number of aliphatic hydroxyl groups excluding tert-OH is 1. The molecule has 0 heterocycles. The van der Waals surface area contributed by atoms with Gasteiger partial charge in [0.25, 0.3) is 0 Å². The highest BCUT2D eigenvalue weighted by atomic mass is 32.2. The van der Waals surface area contributed by atoms with Gasteiger partial charge in [-0.1, -0.05) is 54.2 Å². The van der Waals surface area contributed by atoms with Crippen molar-refractivity contribution in [2.45, 2.75) is 23.6 Å². The van der Waals surface area contributed by atoms with Crippen molar-refractivity contribution in [1.82, 2.24) is 0 Å². The Hall–Kier alpha value is -1.77. The Labute approximate surface area is 130 Å². The van der Waals surface area contributed by atoms with Gasteiger partial charge in [-0.05, 0) is 53.9 Å². The van der Waals surface area contributed by atoms with Gasteiger partial charge >= 0.3 is 0 Å². The molecule has 0 saturated carbocycles. The molecule has 0 atom stereocenters. The molecular weight excluding hydrogens is 276 g/mol. The van der Waals surface area contributed by atoms with Gasteiger partial charge < -0.3 is 5.11 Å². The zero-order valence-electron chi connectivity index (χ0n) is 12.6. The van der Waals surface area contributed by atoms with Gasteiger partial charge in [0.1, 0.15) is 0 Å². The number of benzene rings is 3. The van der Waals surface area contributed by atoms with E-state index in [1.807, 2.05) is 11.8 Å². The minimum absolute atomic E-state index is 1.00. The van der Waals surface area contributed by atoms with Crippen LogP contribution in [0.5, 0.6) is 0 Å². The number of fused-ring (bicyclic) bond motifs is 1. The normalized spacial score (nSPS) is 10.1. The van der Waals surface area contributed by atoms with Crippen LogP contribution in [0.4, 0.5) is 0 Å². The molecule has 0 radical (unpaired) electrons. The van der Waals surface area contributed by atoms with E-state index in [0.29, 0.717) is 0 Å². The van der Waals surface area contributed by atoms with Crippen LogP contribution in [-0.4, -0.2) is 12.2 Å². The van der Waals surface area contributed by atoms with Gasteiger partial charge in [0.05, 0.1) is 0 Å². The van der Waals surface area contributed by atoms with Gasteiger partial charge in [0.2, 0.25) is 0 Å². The Morgan fingerprint density at radius 3 is 2.00 bits per heavy atom. The van der Waals surface area contributed by atoms with E-state index < -0.39 is 0 Å². The standard InChI is InChI=1S/C18H16S.CH4O/c1-13-12-18(19-15-8-4-3-5-9-15)14(2)17-11-7-6-10-16(13)17;1-2/h3-12H,1-2H3;2H,1H3. The fraction of sp³-hybridized carbons (Fsp3) is 0.158. The predicted octanol–water partition coefficient (Wildman–Crippen LogP) is 5.22. The van der Waals surface area contributed by atoms with Crippen LogP contribution in [0.3, 0.4) is 0 Å². The molecule has 0 unspecified atom stereocenters. The number of hydrogen-bond donors (Lipinski definition) is 1. The molecule has 0 fully saturated rings. The Balaban J connectivity index is 0.000000774. The summed E-state index contributed by atoms with van der Waals surface area (Å²) in [5, 5.41) is 9.72. The second kappa shape index (κ2) is 7.30. The SMILES string of the molecule is CO.Cc1cc(Sc2ccccc2)c(C)c2ccccc12. The minimum Gasteiger partial charge on any atom is -0.400 e. The van der Waals surface area contributed by atoms with Gasteiger partial charge in [0, 0.05) is 16.9 Å². The third-order valence-corrected chi connectivity index (χ3v) is 4.60. The highest BCUT2D eigenvalue weighted by Gasteiger charge is 2.07. The first-order chi connectivity index (χ1) is 10.3. The van der Waals surface area contributed by atoms with Gasteiger partial charge in [-0.2, -0.15) is 0 Å². The van der Waals surface area contributed by atoms with Gasteiger partial charge in [-0.25, -0.2) is 0 Å². The molecular formula is C19H20OS. The van der Waals surface area contributed by atoms with Crippen LogP contribution in [0, 0.1) is 13.8 Å². The smallest absolute Gasteiger partial charge is 0.0319 e. The van der Waals surface area contributed by atoms with Crippen LogP contribution >= 0.6 is 11.8 Å². The molecule has 2 heteroatoms. The van der Waals surface area contributed by atoms with E-state index in [0.717, 1.165) is 7.11 Å². The topological polar surface area (TPSA) is 20.2 Å². The van der Waals surface area contributed by atoms with E-state index in [9.17, 15) is 0 Å². The van der Waals surface area contributed by atoms with E-state index in [-0.39, 0.29) is 0 Å². The molecule has 0 spiro atoms.